The van der Waals surface area contributed by atoms with Crippen molar-refractivity contribution in [2.45, 2.75) is 84.5 Å². The van der Waals surface area contributed by atoms with E-state index in [1.165, 1.54) is 4.90 Å². The average molecular weight is 525 g/mol. The molecule has 38 heavy (non-hydrogen) atoms. The molecule has 0 radical (unpaired) electrons. The normalized spacial score (nSPS) is 13.5. The molecule has 0 aliphatic carbocycles. The molecule has 0 aliphatic rings. The van der Waals surface area contributed by atoms with E-state index in [1.54, 1.807) is 51.1 Å². The number of anilines is 1. The molecular weight excluding hydrogens is 484 g/mol. The Labute approximate surface area is 225 Å². The number of para-hydroxylation sites is 1. The molecule has 4 amide bonds. The van der Waals surface area contributed by atoms with Crippen molar-refractivity contribution in [2.24, 2.45) is 5.73 Å². The van der Waals surface area contributed by atoms with E-state index in [-0.39, 0.29) is 18.9 Å². The lowest BCUT2D eigenvalue weighted by atomic mass is 9.98. The average Bonchev–Trinajstić information content (AvgIpc) is 2.84. The molecule has 2 aromatic rings. The number of amides is 4. The summed E-state index contributed by atoms with van der Waals surface area (Å²) in [5, 5.41) is 5.57. The number of primary amides is 1. The lowest BCUT2D eigenvalue weighted by Crippen LogP contribution is -2.55. The van der Waals surface area contributed by atoms with Gasteiger partial charge in [-0.25, -0.2) is 4.79 Å². The molecule has 4 N–H and O–H groups in total. The minimum absolute atomic E-state index is 0.0404. The number of rotatable bonds is 11. The number of carbonyl (C=O) groups excluding carboxylic acids is 4. The summed E-state index contributed by atoms with van der Waals surface area (Å²) in [4.78, 5) is 53.7. The predicted molar refractivity (Wildman–Crippen MR) is 147 cm³/mol. The minimum atomic E-state index is -1.14. The van der Waals surface area contributed by atoms with E-state index in [2.05, 4.69) is 10.6 Å². The Kier molecular flexibility index (Phi) is 10.9. The second-order valence-electron chi connectivity index (χ2n) is 10.3. The van der Waals surface area contributed by atoms with Gasteiger partial charge in [0.1, 0.15) is 17.7 Å². The Hall–Kier alpha value is -3.88. The first-order valence-electron chi connectivity index (χ1n) is 12.9. The topological polar surface area (TPSA) is 131 Å². The van der Waals surface area contributed by atoms with Gasteiger partial charge in [-0.2, -0.15) is 0 Å². The number of aryl methyl sites for hydroxylation is 1. The number of hydrogen-bond donors (Lipinski definition) is 3. The van der Waals surface area contributed by atoms with Crippen LogP contribution in [0.3, 0.4) is 0 Å². The van der Waals surface area contributed by atoms with Crippen molar-refractivity contribution in [3.63, 3.8) is 0 Å². The van der Waals surface area contributed by atoms with Crippen LogP contribution in [0.4, 0.5) is 10.5 Å². The molecule has 3 atom stereocenters. The van der Waals surface area contributed by atoms with Crippen molar-refractivity contribution in [1.82, 2.24) is 10.2 Å². The zero-order valence-electron chi connectivity index (χ0n) is 23.1. The van der Waals surface area contributed by atoms with E-state index in [4.69, 9.17) is 10.5 Å². The molecule has 0 bridgehead atoms. The zero-order chi connectivity index (χ0) is 28.5. The van der Waals surface area contributed by atoms with Gasteiger partial charge in [0.2, 0.25) is 11.8 Å². The SMILES string of the molecule is CCC(C)N(C(=O)C(CCC(N)=O)NC(=O)OC(C)(C)C)C(C(=O)Nc1ccccc1C)c1ccccc1. The number of hydrogen-bond acceptors (Lipinski definition) is 5. The van der Waals surface area contributed by atoms with Crippen molar-refractivity contribution >= 4 is 29.5 Å². The maximum Gasteiger partial charge on any atom is 0.408 e. The molecule has 9 heteroatoms. The fourth-order valence-corrected chi connectivity index (χ4v) is 3.96. The van der Waals surface area contributed by atoms with Crippen LogP contribution < -0.4 is 16.4 Å². The number of nitrogens with one attached hydrogen (secondary N) is 2. The van der Waals surface area contributed by atoms with Gasteiger partial charge < -0.3 is 26.0 Å². The van der Waals surface area contributed by atoms with Gasteiger partial charge >= 0.3 is 6.09 Å². The van der Waals surface area contributed by atoms with Crippen LogP contribution in [0.2, 0.25) is 0 Å². The second-order valence-corrected chi connectivity index (χ2v) is 10.3. The summed E-state index contributed by atoms with van der Waals surface area (Å²) >= 11 is 0. The first kappa shape index (κ1) is 30.3. The van der Waals surface area contributed by atoms with Crippen LogP contribution in [0.15, 0.2) is 54.6 Å². The smallest absolute Gasteiger partial charge is 0.408 e. The third kappa shape index (κ3) is 8.90. The Bertz CT molecular complexity index is 1110. The Morgan fingerprint density at radius 2 is 1.61 bits per heavy atom. The van der Waals surface area contributed by atoms with Gasteiger partial charge in [-0.3, -0.25) is 14.4 Å². The number of nitrogens with zero attached hydrogens (tertiary/aromatic N) is 1. The molecule has 0 spiro atoms. The molecule has 0 saturated heterocycles. The fraction of sp³-hybridized carbons (Fsp3) is 0.448. The third-order valence-corrected chi connectivity index (χ3v) is 6.03. The highest BCUT2D eigenvalue weighted by Gasteiger charge is 2.38. The monoisotopic (exact) mass is 524 g/mol. The standard InChI is InChI=1S/C29H40N4O5/c1-7-20(3)33(27(36)23(17-18-24(30)34)32-28(37)38-29(4,5)6)25(21-14-9-8-10-15-21)26(35)31-22-16-12-11-13-19(22)2/h8-16,20,23,25H,7,17-18H2,1-6H3,(H2,30,34)(H,31,35)(H,32,37). The van der Waals surface area contributed by atoms with Crippen LogP contribution >= 0.6 is 0 Å². The molecule has 0 aromatic heterocycles. The van der Waals surface area contributed by atoms with Crippen molar-refractivity contribution in [1.29, 1.82) is 0 Å². The maximum absolute atomic E-state index is 14.1. The Balaban J connectivity index is 2.53. The van der Waals surface area contributed by atoms with Gasteiger partial charge in [-0.15, -0.1) is 0 Å². The fourth-order valence-electron chi connectivity index (χ4n) is 3.96. The maximum atomic E-state index is 14.1. The van der Waals surface area contributed by atoms with Gasteiger partial charge in [-0.1, -0.05) is 55.5 Å². The van der Waals surface area contributed by atoms with Gasteiger partial charge in [0.05, 0.1) is 0 Å². The summed E-state index contributed by atoms with van der Waals surface area (Å²) in [6.45, 7) is 10.8. The number of alkyl carbamates (subject to hydrolysis) is 1. The summed E-state index contributed by atoms with van der Waals surface area (Å²) in [6.07, 6.45) is -0.431. The molecule has 0 heterocycles. The summed E-state index contributed by atoms with van der Waals surface area (Å²) < 4.78 is 5.36. The van der Waals surface area contributed by atoms with Gasteiger partial charge in [-0.05, 0) is 64.7 Å². The van der Waals surface area contributed by atoms with E-state index in [0.29, 0.717) is 17.7 Å². The third-order valence-electron chi connectivity index (χ3n) is 6.03. The molecule has 0 fully saturated rings. The molecule has 3 unspecified atom stereocenters. The lowest BCUT2D eigenvalue weighted by molar-refractivity contribution is -0.143. The van der Waals surface area contributed by atoms with Crippen LogP contribution in [-0.2, 0) is 19.1 Å². The Morgan fingerprint density at radius 3 is 2.16 bits per heavy atom. The predicted octanol–water partition coefficient (Wildman–Crippen LogP) is 4.46. The number of ether oxygens (including phenoxy) is 1. The Morgan fingerprint density at radius 1 is 1.00 bits per heavy atom. The number of benzene rings is 2. The molecule has 9 nitrogen and oxygen atoms in total. The van der Waals surface area contributed by atoms with Crippen LogP contribution in [-0.4, -0.2) is 46.4 Å². The van der Waals surface area contributed by atoms with Crippen molar-refractivity contribution in [3.05, 3.63) is 65.7 Å². The van der Waals surface area contributed by atoms with E-state index >= 15 is 0 Å². The number of nitrogens with two attached hydrogens (primary N) is 1. The first-order valence-corrected chi connectivity index (χ1v) is 12.9. The highest BCUT2D eigenvalue weighted by molar-refractivity contribution is 5.99. The van der Waals surface area contributed by atoms with E-state index in [9.17, 15) is 19.2 Å². The van der Waals surface area contributed by atoms with Gasteiger partial charge in [0, 0.05) is 18.2 Å². The lowest BCUT2D eigenvalue weighted by Gasteiger charge is -2.38. The molecule has 206 valence electrons. The van der Waals surface area contributed by atoms with E-state index in [0.717, 1.165) is 5.56 Å². The quantitative estimate of drug-likeness (QED) is 0.399. The van der Waals surface area contributed by atoms with Crippen molar-refractivity contribution in [3.8, 4) is 0 Å². The van der Waals surface area contributed by atoms with Crippen LogP contribution in [0.25, 0.3) is 0 Å². The molecular formula is C29H40N4O5. The van der Waals surface area contributed by atoms with Gasteiger partial charge in [0.15, 0.2) is 0 Å². The van der Waals surface area contributed by atoms with E-state index < -0.39 is 41.5 Å². The molecule has 2 aromatic carbocycles. The highest BCUT2D eigenvalue weighted by Crippen LogP contribution is 2.28. The number of carbonyl (C=O) groups is 4. The molecule has 2 rings (SSSR count). The summed E-state index contributed by atoms with van der Waals surface area (Å²) in [5.74, 6) is -1.52. The molecule has 0 saturated carbocycles. The summed E-state index contributed by atoms with van der Waals surface area (Å²) in [7, 11) is 0. The summed E-state index contributed by atoms with van der Waals surface area (Å²) in [5.41, 5.74) is 6.68. The second kappa shape index (κ2) is 13.6. The van der Waals surface area contributed by atoms with Gasteiger partial charge in [0.25, 0.3) is 5.91 Å². The highest BCUT2D eigenvalue weighted by atomic mass is 16.6. The first-order chi connectivity index (χ1) is 17.8. The largest absolute Gasteiger partial charge is 0.444 e. The van der Waals surface area contributed by atoms with Crippen LogP contribution in [0.5, 0.6) is 0 Å². The summed E-state index contributed by atoms with van der Waals surface area (Å²) in [6, 6.07) is 13.8. The van der Waals surface area contributed by atoms with Crippen LogP contribution in [0.1, 0.15) is 71.0 Å². The van der Waals surface area contributed by atoms with Crippen molar-refractivity contribution < 1.29 is 23.9 Å². The zero-order valence-corrected chi connectivity index (χ0v) is 23.1. The van der Waals surface area contributed by atoms with Crippen molar-refractivity contribution in [2.75, 3.05) is 5.32 Å². The van der Waals surface area contributed by atoms with Crippen LogP contribution in [0, 0.1) is 6.92 Å². The molecule has 0 aliphatic heterocycles. The van der Waals surface area contributed by atoms with E-state index in [1.807, 2.05) is 45.0 Å². The minimum Gasteiger partial charge on any atom is -0.444 e.